The van der Waals surface area contributed by atoms with Crippen molar-refractivity contribution in [2.24, 2.45) is 17.3 Å². The number of hydrogen-bond donors (Lipinski definition) is 0. The van der Waals surface area contributed by atoms with E-state index >= 15 is 0 Å². The maximum absolute atomic E-state index is 2.68. The molecule has 0 N–H and O–H groups in total. The third kappa shape index (κ3) is 4.36. The molecule has 110 valence electrons. The van der Waals surface area contributed by atoms with Crippen LogP contribution in [-0.4, -0.2) is 0 Å². The summed E-state index contributed by atoms with van der Waals surface area (Å²) in [5.41, 5.74) is 2.37. The third-order valence-corrected chi connectivity index (χ3v) is 5.87. The van der Waals surface area contributed by atoms with Crippen LogP contribution in [0.5, 0.6) is 0 Å². The van der Waals surface area contributed by atoms with Crippen molar-refractivity contribution in [2.45, 2.75) is 91.4 Å². The molecule has 2 aliphatic rings. The van der Waals surface area contributed by atoms with E-state index in [0.29, 0.717) is 5.41 Å². The molecule has 2 rings (SSSR count). The fourth-order valence-corrected chi connectivity index (χ4v) is 3.79. The molecule has 0 heterocycles. The van der Waals surface area contributed by atoms with Gasteiger partial charge >= 0.3 is 0 Å². The molecule has 0 bridgehead atoms. The quantitative estimate of drug-likeness (QED) is 0.472. The highest BCUT2D eigenvalue weighted by atomic mass is 14.6. The minimum atomic E-state index is 0.580. The molecule has 0 nitrogen and oxygen atoms in total. The predicted molar refractivity (Wildman–Crippen MR) is 85.3 cm³/mol. The first-order chi connectivity index (χ1) is 9.12. The van der Waals surface area contributed by atoms with Gasteiger partial charge in [0, 0.05) is 0 Å². The maximum atomic E-state index is 2.68. The summed E-state index contributed by atoms with van der Waals surface area (Å²) in [5, 5.41) is 0. The molecule has 2 aliphatic carbocycles. The number of allylic oxidation sites excluding steroid dienone is 2. The van der Waals surface area contributed by atoms with Gasteiger partial charge in [-0.2, -0.15) is 0 Å². The standard InChI is InChI=1S/C19H34/c1-16-18(19(16,2)3)15-17-13-11-9-7-5-4-6-8-10-12-14-17/h15-16,18H,4-14H2,1-3H3/t16-,18+/m0/s1. The minimum absolute atomic E-state index is 0.580. The van der Waals surface area contributed by atoms with Crippen molar-refractivity contribution >= 4 is 0 Å². The van der Waals surface area contributed by atoms with Gasteiger partial charge in [0.2, 0.25) is 0 Å². The molecule has 0 aliphatic heterocycles. The molecular weight excluding hydrogens is 228 g/mol. The summed E-state index contributed by atoms with van der Waals surface area (Å²) in [7, 11) is 0. The van der Waals surface area contributed by atoms with Crippen LogP contribution in [0.4, 0.5) is 0 Å². The summed E-state index contributed by atoms with van der Waals surface area (Å²) in [6.07, 6.45) is 18.6. The Kier molecular flexibility index (Phi) is 5.54. The van der Waals surface area contributed by atoms with E-state index in [0.717, 1.165) is 11.8 Å². The van der Waals surface area contributed by atoms with Gasteiger partial charge in [-0.05, 0) is 42.9 Å². The third-order valence-electron chi connectivity index (χ3n) is 5.87. The second-order valence-corrected chi connectivity index (χ2v) is 7.64. The van der Waals surface area contributed by atoms with E-state index in [-0.39, 0.29) is 0 Å². The van der Waals surface area contributed by atoms with Crippen LogP contribution < -0.4 is 0 Å². The normalized spacial score (nSPS) is 33.1. The Balaban J connectivity index is 1.87. The lowest BCUT2D eigenvalue weighted by Gasteiger charge is -2.11. The fourth-order valence-electron chi connectivity index (χ4n) is 3.79. The lowest BCUT2D eigenvalue weighted by Crippen LogP contribution is -1.93. The Morgan fingerprint density at radius 3 is 1.53 bits per heavy atom. The van der Waals surface area contributed by atoms with Gasteiger partial charge in [0.05, 0.1) is 0 Å². The monoisotopic (exact) mass is 262 g/mol. The average molecular weight is 262 g/mol. The van der Waals surface area contributed by atoms with Crippen LogP contribution in [0.1, 0.15) is 91.4 Å². The smallest absolute Gasteiger partial charge is 0.0146 e. The van der Waals surface area contributed by atoms with E-state index in [9.17, 15) is 0 Å². The molecule has 19 heavy (non-hydrogen) atoms. The molecular formula is C19H34. The molecule has 0 heteroatoms. The lowest BCUT2D eigenvalue weighted by atomic mass is 9.96. The Bertz CT molecular complexity index is 283. The van der Waals surface area contributed by atoms with Crippen molar-refractivity contribution in [3.8, 4) is 0 Å². The molecule has 0 unspecified atom stereocenters. The molecule has 0 spiro atoms. The SMILES string of the molecule is C[C@H]1[C@@H](C=C2CCCCCCCCCCC2)C1(C)C. The number of rotatable bonds is 1. The highest BCUT2D eigenvalue weighted by Crippen LogP contribution is 2.59. The molecule has 0 aromatic heterocycles. The zero-order valence-corrected chi connectivity index (χ0v) is 13.5. The zero-order chi connectivity index (χ0) is 13.7. The number of hydrogen-bond acceptors (Lipinski definition) is 0. The first-order valence-electron chi connectivity index (χ1n) is 8.82. The Morgan fingerprint density at radius 1 is 0.789 bits per heavy atom. The summed E-state index contributed by atoms with van der Waals surface area (Å²) in [6.45, 7) is 7.31. The van der Waals surface area contributed by atoms with Gasteiger partial charge in [0.25, 0.3) is 0 Å². The van der Waals surface area contributed by atoms with E-state index < -0.39 is 0 Å². The Labute approximate surface area is 121 Å². The van der Waals surface area contributed by atoms with Crippen LogP contribution in [0.15, 0.2) is 11.6 Å². The zero-order valence-electron chi connectivity index (χ0n) is 13.5. The van der Waals surface area contributed by atoms with Crippen LogP contribution in [-0.2, 0) is 0 Å². The summed E-state index contributed by atoms with van der Waals surface area (Å²) < 4.78 is 0. The second kappa shape index (κ2) is 6.95. The Hall–Kier alpha value is -0.260. The van der Waals surface area contributed by atoms with Crippen molar-refractivity contribution in [3.63, 3.8) is 0 Å². The van der Waals surface area contributed by atoms with Gasteiger partial charge in [-0.1, -0.05) is 77.4 Å². The van der Waals surface area contributed by atoms with E-state index in [1.807, 2.05) is 0 Å². The largest absolute Gasteiger partial charge is 0.0814 e. The van der Waals surface area contributed by atoms with Crippen LogP contribution >= 0.6 is 0 Å². The van der Waals surface area contributed by atoms with E-state index in [1.165, 1.54) is 70.6 Å². The first-order valence-corrected chi connectivity index (χ1v) is 8.82. The topological polar surface area (TPSA) is 0 Å². The highest BCUT2D eigenvalue weighted by Gasteiger charge is 2.52. The molecule has 2 atom stereocenters. The van der Waals surface area contributed by atoms with Gasteiger partial charge in [-0.25, -0.2) is 0 Å². The van der Waals surface area contributed by atoms with E-state index in [2.05, 4.69) is 26.8 Å². The molecule has 0 aromatic rings. The maximum Gasteiger partial charge on any atom is -0.0146 e. The molecule has 0 saturated heterocycles. The molecule has 0 radical (unpaired) electrons. The van der Waals surface area contributed by atoms with E-state index in [1.54, 1.807) is 5.57 Å². The summed E-state index contributed by atoms with van der Waals surface area (Å²) in [4.78, 5) is 0. The van der Waals surface area contributed by atoms with Gasteiger partial charge in [0.15, 0.2) is 0 Å². The van der Waals surface area contributed by atoms with Gasteiger partial charge in [0.1, 0.15) is 0 Å². The van der Waals surface area contributed by atoms with Crippen molar-refractivity contribution in [3.05, 3.63) is 11.6 Å². The molecule has 0 aromatic carbocycles. The van der Waals surface area contributed by atoms with E-state index in [4.69, 9.17) is 0 Å². The van der Waals surface area contributed by atoms with Crippen LogP contribution in [0.25, 0.3) is 0 Å². The van der Waals surface area contributed by atoms with Crippen molar-refractivity contribution in [2.75, 3.05) is 0 Å². The van der Waals surface area contributed by atoms with Crippen LogP contribution in [0.3, 0.4) is 0 Å². The van der Waals surface area contributed by atoms with Gasteiger partial charge < -0.3 is 0 Å². The second-order valence-electron chi connectivity index (χ2n) is 7.64. The van der Waals surface area contributed by atoms with Gasteiger partial charge in [-0.15, -0.1) is 0 Å². The Morgan fingerprint density at radius 2 is 1.16 bits per heavy atom. The highest BCUT2D eigenvalue weighted by molar-refractivity contribution is 5.17. The fraction of sp³-hybridized carbons (Fsp3) is 0.895. The first kappa shape index (κ1) is 15.1. The predicted octanol–water partition coefficient (Wildman–Crippen LogP) is 6.51. The minimum Gasteiger partial charge on any atom is -0.0814 e. The summed E-state index contributed by atoms with van der Waals surface area (Å²) >= 11 is 0. The van der Waals surface area contributed by atoms with Gasteiger partial charge in [-0.3, -0.25) is 0 Å². The molecule has 2 saturated carbocycles. The average Bonchev–Trinajstić information content (AvgIpc) is 2.82. The lowest BCUT2D eigenvalue weighted by molar-refractivity contribution is 0.537. The van der Waals surface area contributed by atoms with Crippen LogP contribution in [0.2, 0.25) is 0 Å². The summed E-state index contributed by atoms with van der Waals surface area (Å²) in [5.74, 6) is 1.77. The summed E-state index contributed by atoms with van der Waals surface area (Å²) in [6, 6.07) is 0. The van der Waals surface area contributed by atoms with Crippen molar-refractivity contribution < 1.29 is 0 Å². The van der Waals surface area contributed by atoms with Crippen molar-refractivity contribution in [1.29, 1.82) is 0 Å². The molecule has 0 amide bonds. The molecule has 2 fully saturated rings. The van der Waals surface area contributed by atoms with Crippen molar-refractivity contribution in [1.82, 2.24) is 0 Å². The van der Waals surface area contributed by atoms with Crippen LogP contribution in [0, 0.1) is 17.3 Å².